The van der Waals surface area contributed by atoms with E-state index in [0.29, 0.717) is 5.78 Å². The number of nitrogens with one attached hydrogen (secondary N) is 2. The number of carbonyl (C=O) groups is 1. The van der Waals surface area contributed by atoms with Gasteiger partial charge < -0.3 is 10.6 Å². The molecular weight excluding hydrogens is 176 g/mol. The molecule has 0 aromatic carbocycles. The summed E-state index contributed by atoms with van der Waals surface area (Å²) in [4.78, 5) is 12.0. The van der Waals surface area contributed by atoms with Crippen LogP contribution in [0.25, 0.3) is 0 Å². The monoisotopic (exact) mass is 196 g/mol. The van der Waals surface area contributed by atoms with Gasteiger partial charge in [0.25, 0.3) is 0 Å². The Hall–Kier alpha value is -0.410. The second kappa shape index (κ2) is 4.89. The summed E-state index contributed by atoms with van der Waals surface area (Å²) in [5.74, 6) is 0.407. The van der Waals surface area contributed by atoms with Gasteiger partial charge in [-0.25, -0.2) is 0 Å². The summed E-state index contributed by atoms with van der Waals surface area (Å²) in [6, 6.07) is 0.277. The molecule has 2 aliphatic rings. The van der Waals surface area contributed by atoms with Crippen molar-refractivity contribution >= 4 is 5.78 Å². The van der Waals surface area contributed by atoms with Crippen molar-refractivity contribution in [1.82, 2.24) is 10.6 Å². The summed E-state index contributed by atoms with van der Waals surface area (Å²) < 4.78 is 0. The van der Waals surface area contributed by atoms with E-state index in [1.165, 1.54) is 25.7 Å². The van der Waals surface area contributed by atoms with Crippen molar-refractivity contribution < 1.29 is 4.79 Å². The van der Waals surface area contributed by atoms with Gasteiger partial charge in [-0.05, 0) is 38.8 Å². The van der Waals surface area contributed by atoms with Crippen LogP contribution in [-0.2, 0) is 4.79 Å². The first-order chi connectivity index (χ1) is 6.88. The van der Waals surface area contributed by atoms with Gasteiger partial charge in [-0.2, -0.15) is 0 Å². The topological polar surface area (TPSA) is 41.1 Å². The van der Waals surface area contributed by atoms with Crippen molar-refractivity contribution in [3.8, 4) is 0 Å². The molecule has 80 valence electrons. The Labute approximate surface area is 85.6 Å². The number of Topliss-reactive ketones (excluding diaryl/α,β-unsaturated/α-hetero) is 1. The third-order valence-corrected chi connectivity index (χ3v) is 3.31. The Kier molecular flexibility index (Phi) is 3.54. The molecule has 0 aromatic heterocycles. The molecule has 0 aliphatic carbocycles. The average Bonchev–Trinajstić information content (AvgIpc) is 2.30. The zero-order valence-electron chi connectivity index (χ0n) is 8.72. The Morgan fingerprint density at radius 1 is 0.857 bits per heavy atom. The van der Waals surface area contributed by atoms with Gasteiger partial charge in [0.15, 0.2) is 5.78 Å². The summed E-state index contributed by atoms with van der Waals surface area (Å²) in [6.07, 6.45) is 6.93. The molecule has 14 heavy (non-hydrogen) atoms. The fourth-order valence-electron chi connectivity index (χ4n) is 2.43. The van der Waals surface area contributed by atoms with Crippen LogP contribution in [0, 0.1) is 0 Å². The van der Waals surface area contributed by atoms with Crippen LogP contribution >= 0.6 is 0 Å². The Balaban J connectivity index is 1.85. The molecular formula is C11H20N2O. The highest BCUT2D eigenvalue weighted by molar-refractivity contribution is 5.89. The van der Waals surface area contributed by atoms with E-state index in [4.69, 9.17) is 0 Å². The maximum Gasteiger partial charge on any atom is 0.166 e. The van der Waals surface area contributed by atoms with Gasteiger partial charge in [0.2, 0.25) is 0 Å². The van der Waals surface area contributed by atoms with E-state index in [2.05, 4.69) is 10.6 Å². The SMILES string of the molecule is O=C(C1CCCCN1)C1CCCCN1. The second-order valence-electron chi connectivity index (χ2n) is 4.41. The first-order valence-electron chi connectivity index (χ1n) is 5.88. The minimum Gasteiger partial charge on any atom is -0.307 e. The molecule has 2 aliphatic heterocycles. The highest BCUT2D eigenvalue weighted by Gasteiger charge is 2.28. The van der Waals surface area contributed by atoms with Crippen LogP contribution in [0.4, 0.5) is 0 Å². The number of hydrogen-bond donors (Lipinski definition) is 2. The van der Waals surface area contributed by atoms with Crippen molar-refractivity contribution in [2.75, 3.05) is 13.1 Å². The third kappa shape index (κ3) is 2.34. The molecule has 0 aromatic rings. The minimum atomic E-state index is 0.138. The molecule has 2 saturated heterocycles. The first-order valence-corrected chi connectivity index (χ1v) is 5.88. The highest BCUT2D eigenvalue weighted by Crippen LogP contribution is 2.14. The molecule has 0 radical (unpaired) electrons. The molecule has 2 fully saturated rings. The molecule has 2 unspecified atom stereocenters. The Morgan fingerprint density at radius 2 is 1.36 bits per heavy atom. The lowest BCUT2D eigenvalue weighted by molar-refractivity contribution is -0.124. The van der Waals surface area contributed by atoms with Crippen LogP contribution < -0.4 is 10.6 Å². The van der Waals surface area contributed by atoms with E-state index in [1.807, 2.05) is 0 Å². The maximum absolute atomic E-state index is 12.0. The van der Waals surface area contributed by atoms with E-state index < -0.39 is 0 Å². The lowest BCUT2D eigenvalue weighted by atomic mass is 9.92. The smallest absolute Gasteiger partial charge is 0.166 e. The van der Waals surface area contributed by atoms with Crippen molar-refractivity contribution in [2.24, 2.45) is 0 Å². The molecule has 0 saturated carbocycles. The van der Waals surface area contributed by atoms with Gasteiger partial charge in [-0.15, -0.1) is 0 Å². The number of rotatable bonds is 2. The largest absolute Gasteiger partial charge is 0.307 e. The number of hydrogen-bond acceptors (Lipinski definition) is 3. The lowest BCUT2D eigenvalue weighted by Gasteiger charge is -2.29. The van der Waals surface area contributed by atoms with Gasteiger partial charge in [-0.1, -0.05) is 12.8 Å². The lowest BCUT2D eigenvalue weighted by Crippen LogP contribution is -2.51. The van der Waals surface area contributed by atoms with Crippen LogP contribution in [0.1, 0.15) is 38.5 Å². The van der Waals surface area contributed by atoms with Crippen molar-refractivity contribution in [3.05, 3.63) is 0 Å². The van der Waals surface area contributed by atoms with Crippen LogP contribution in [0.15, 0.2) is 0 Å². The summed E-state index contributed by atoms with van der Waals surface area (Å²) in [6.45, 7) is 2.03. The first kappa shape index (κ1) is 10.1. The molecule has 3 heteroatoms. The Bertz CT molecular complexity index is 173. The maximum atomic E-state index is 12.0. The van der Waals surface area contributed by atoms with E-state index in [-0.39, 0.29) is 12.1 Å². The predicted octanol–water partition coefficient (Wildman–Crippen LogP) is 0.840. The van der Waals surface area contributed by atoms with Gasteiger partial charge in [0.05, 0.1) is 12.1 Å². The van der Waals surface area contributed by atoms with Crippen molar-refractivity contribution in [1.29, 1.82) is 0 Å². The van der Waals surface area contributed by atoms with E-state index in [9.17, 15) is 4.79 Å². The Morgan fingerprint density at radius 3 is 1.71 bits per heavy atom. The van der Waals surface area contributed by atoms with Crippen LogP contribution in [0.3, 0.4) is 0 Å². The van der Waals surface area contributed by atoms with Gasteiger partial charge in [0, 0.05) is 0 Å². The zero-order chi connectivity index (χ0) is 9.80. The standard InChI is InChI=1S/C11H20N2O/c14-11(9-5-1-3-7-12-9)10-6-2-4-8-13-10/h9-10,12-13H,1-8H2. The molecule has 2 atom stereocenters. The van der Waals surface area contributed by atoms with Crippen LogP contribution in [0.5, 0.6) is 0 Å². The fraction of sp³-hybridized carbons (Fsp3) is 0.909. The highest BCUT2D eigenvalue weighted by atomic mass is 16.1. The van der Waals surface area contributed by atoms with Gasteiger partial charge in [0.1, 0.15) is 0 Å². The minimum absolute atomic E-state index is 0.138. The molecule has 3 nitrogen and oxygen atoms in total. The summed E-state index contributed by atoms with van der Waals surface area (Å²) >= 11 is 0. The third-order valence-electron chi connectivity index (χ3n) is 3.31. The molecule has 0 amide bonds. The summed E-state index contributed by atoms with van der Waals surface area (Å²) in [5, 5.41) is 6.65. The second-order valence-corrected chi connectivity index (χ2v) is 4.41. The van der Waals surface area contributed by atoms with Crippen LogP contribution in [0.2, 0.25) is 0 Å². The van der Waals surface area contributed by atoms with E-state index >= 15 is 0 Å². The van der Waals surface area contributed by atoms with Crippen LogP contribution in [-0.4, -0.2) is 31.0 Å². The quantitative estimate of drug-likeness (QED) is 0.687. The fourth-order valence-corrected chi connectivity index (χ4v) is 2.43. The van der Waals surface area contributed by atoms with Gasteiger partial charge in [-0.3, -0.25) is 4.79 Å². The van der Waals surface area contributed by atoms with Crippen molar-refractivity contribution in [2.45, 2.75) is 50.6 Å². The number of piperidine rings is 2. The molecule has 0 bridgehead atoms. The number of carbonyl (C=O) groups excluding carboxylic acids is 1. The molecule has 2 rings (SSSR count). The van der Waals surface area contributed by atoms with E-state index in [1.54, 1.807) is 0 Å². The zero-order valence-corrected chi connectivity index (χ0v) is 8.72. The summed E-state index contributed by atoms with van der Waals surface area (Å²) in [5.41, 5.74) is 0. The molecule has 2 N–H and O–H groups in total. The molecule has 0 spiro atoms. The van der Waals surface area contributed by atoms with Gasteiger partial charge >= 0.3 is 0 Å². The van der Waals surface area contributed by atoms with Crippen molar-refractivity contribution in [3.63, 3.8) is 0 Å². The normalized spacial score (nSPS) is 34.0. The molecule has 2 heterocycles. The summed E-state index contributed by atoms with van der Waals surface area (Å²) in [7, 11) is 0. The van der Waals surface area contributed by atoms with E-state index in [0.717, 1.165) is 25.9 Å². The predicted molar refractivity (Wildman–Crippen MR) is 56.3 cm³/mol. The number of ketones is 1. The average molecular weight is 196 g/mol.